The molecule has 0 atom stereocenters. The van der Waals surface area contributed by atoms with E-state index in [1.54, 1.807) is 36.4 Å². The van der Waals surface area contributed by atoms with Crippen molar-refractivity contribution in [2.45, 2.75) is 6.54 Å². The number of nitrogens with two attached hydrogens (primary N) is 1. The number of ether oxygens (including phenoxy) is 1. The van der Waals surface area contributed by atoms with Crippen LogP contribution in [0, 0.1) is 0 Å². The number of morpholine rings is 1. The van der Waals surface area contributed by atoms with Gasteiger partial charge in [-0.25, -0.2) is 0 Å². The fraction of sp³-hybridized carbons (Fsp3) is 0.300. The Kier molecular flexibility index (Phi) is 8.41. The molecule has 4 N–H and O–H groups in total. The summed E-state index contributed by atoms with van der Waals surface area (Å²) in [5.41, 5.74) is 8.46. The first-order valence-electron chi connectivity index (χ1n) is 8.94. The molecule has 1 aliphatic rings. The summed E-state index contributed by atoms with van der Waals surface area (Å²) in [7, 11) is 0. The molecule has 2 amide bonds. The summed E-state index contributed by atoms with van der Waals surface area (Å²) in [6.07, 6.45) is 0. The molecule has 0 aromatic heterocycles. The molecular weight excluding hydrogens is 380 g/mol. The Morgan fingerprint density at radius 2 is 1.50 bits per heavy atom. The zero-order valence-corrected chi connectivity index (χ0v) is 16.3. The zero-order valence-electron chi connectivity index (χ0n) is 15.5. The van der Waals surface area contributed by atoms with E-state index in [4.69, 9.17) is 10.5 Å². The molecule has 150 valence electrons. The van der Waals surface area contributed by atoms with Gasteiger partial charge in [-0.2, -0.15) is 0 Å². The van der Waals surface area contributed by atoms with E-state index in [0.717, 1.165) is 18.7 Å². The highest BCUT2D eigenvalue weighted by molar-refractivity contribution is 6.04. The van der Waals surface area contributed by atoms with Crippen LogP contribution in [0.3, 0.4) is 0 Å². The van der Waals surface area contributed by atoms with Gasteiger partial charge in [0.1, 0.15) is 0 Å². The summed E-state index contributed by atoms with van der Waals surface area (Å²) in [5.74, 6) is -0.253. The SMILES string of the molecule is Cl.NCc1ccc(C(=O)Nc2ccc(NC(=O)CN3CCOCC3)cc2)cc1. The number of carbonyl (C=O) groups is 2. The van der Waals surface area contributed by atoms with Crippen LogP contribution in [0.5, 0.6) is 0 Å². The average molecular weight is 405 g/mol. The van der Waals surface area contributed by atoms with Gasteiger partial charge in [0, 0.05) is 36.6 Å². The monoisotopic (exact) mass is 404 g/mol. The first-order chi connectivity index (χ1) is 13.1. The number of carbonyl (C=O) groups excluding carboxylic acids is 2. The number of rotatable bonds is 6. The maximum atomic E-state index is 12.3. The second kappa shape index (κ2) is 10.8. The van der Waals surface area contributed by atoms with Crippen LogP contribution in [0.4, 0.5) is 11.4 Å². The first-order valence-corrected chi connectivity index (χ1v) is 8.94. The maximum absolute atomic E-state index is 12.3. The molecule has 28 heavy (non-hydrogen) atoms. The number of hydrogen-bond donors (Lipinski definition) is 3. The summed E-state index contributed by atoms with van der Waals surface area (Å²) >= 11 is 0. The van der Waals surface area contributed by atoms with E-state index in [1.165, 1.54) is 0 Å². The van der Waals surface area contributed by atoms with Gasteiger partial charge in [0.2, 0.25) is 5.91 Å². The van der Waals surface area contributed by atoms with E-state index in [1.807, 2.05) is 12.1 Å². The minimum absolute atomic E-state index is 0. The van der Waals surface area contributed by atoms with Gasteiger partial charge < -0.3 is 21.1 Å². The highest BCUT2D eigenvalue weighted by Crippen LogP contribution is 2.15. The molecule has 0 unspecified atom stereocenters. The molecule has 0 saturated carbocycles. The summed E-state index contributed by atoms with van der Waals surface area (Å²) in [5, 5.41) is 5.71. The largest absolute Gasteiger partial charge is 0.379 e. The van der Waals surface area contributed by atoms with E-state index < -0.39 is 0 Å². The molecule has 0 bridgehead atoms. The van der Waals surface area contributed by atoms with Crippen molar-refractivity contribution in [3.8, 4) is 0 Å². The molecule has 0 spiro atoms. The third kappa shape index (κ3) is 6.31. The van der Waals surface area contributed by atoms with Gasteiger partial charge in [0.15, 0.2) is 0 Å². The summed E-state index contributed by atoms with van der Waals surface area (Å²) in [6.45, 7) is 3.66. The lowest BCUT2D eigenvalue weighted by Crippen LogP contribution is -2.41. The van der Waals surface area contributed by atoms with Gasteiger partial charge in [0.25, 0.3) is 5.91 Å². The Morgan fingerprint density at radius 3 is 2.07 bits per heavy atom. The van der Waals surface area contributed by atoms with Crippen molar-refractivity contribution in [3.63, 3.8) is 0 Å². The fourth-order valence-corrected chi connectivity index (χ4v) is 2.80. The number of hydrogen-bond acceptors (Lipinski definition) is 5. The third-order valence-electron chi connectivity index (χ3n) is 4.35. The van der Waals surface area contributed by atoms with E-state index >= 15 is 0 Å². The molecular formula is C20H25ClN4O3. The minimum atomic E-state index is -0.192. The Morgan fingerprint density at radius 1 is 0.929 bits per heavy atom. The van der Waals surface area contributed by atoms with E-state index in [9.17, 15) is 9.59 Å². The van der Waals surface area contributed by atoms with Crippen molar-refractivity contribution >= 4 is 35.6 Å². The normalized spacial score (nSPS) is 14.0. The minimum Gasteiger partial charge on any atom is -0.379 e. The molecule has 2 aromatic carbocycles. The highest BCUT2D eigenvalue weighted by atomic mass is 35.5. The van der Waals surface area contributed by atoms with Crippen LogP contribution in [0.1, 0.15) is 15.9 Å². The zero-order chi connectivity index (χ0) is 19.1. The lowest BCUT2D eigenvalue weighted by molar-refractivity contribution is -0.118. The molecule has 1 heterocycles. The number of nitrogens with zero attached hydrogens (tertiary/aromatic N) is 1. The molecule has 2 aromatic rings. The van der Waals surface area contributed by atoms with Gasteiger partial charge in [0.05, 0.1) is 19.8 Å². The van der Waals surface area contributed by atoms with Gasteiger partial charge in [-0.15, -0.1) is 12.4 Å². The molecule has 1 fully saturated rings. The lowest BCUT2D eigenvalue weighted by atomic mass is 10.1. The Hall–Kier alpha value is -2.45. The molecule has 0 radical (unpaired) electrons. The molecule has 1 aliphatic heterocycles. The van der Waals surface area contributed by atoms with Gasteiger partial charge in [-0.1, -0.05) is 12.1 Å². The maximum Gasteiger partial charge on any atom is 0.255 e. The van der Waals surface area contributed by atoms with E-state index in [-0.39, 0.29) is 24.2 Å². The predicted octanol–water partition coefficient (Wildman–Crippen LogP) is 2.09. The summed E-state index contributed by atoms with van der Waals surface area (Å²) in [4.78, 5) is 26.4. The van der Waals surface area contributed by atoms with E-state index in [2.05, 4.69) is 15.5 Å². The van der Waals surface area contributed by atoms with Crippen LogP contribution in [-0.2, 0) is 16.1 Å². The number of benzene rings is 2. The van der Waals surface area contributed by atoms with Crippen molar-refractivity contribution in [3.05, 3.63) is 59.7 Å². The predicted molar refractivity (Wildman–Crippen MR) is 112 cm³/mol. The van der Waals surface area contributed by atoms with Crippen molar-refractivity contribution < 1.29 is 14.3 Å². The van der Waals surface area contributed by atoms with Crippen LogP contribution < -0.4 is 16.4 Å². The van der Waals surface area contributed by atoms with Crippen LogP contribution >= 0.6 is 12.4 Å². The van der Waals surface area contributed by atoms with Crippen LogP contribution in [0.25, 0.3) is 0 Å². The molecule has 7 nitrogen and oxygen atoms in total. The molecule has 8 heteroatoms. The molecule has 0 aliphatic carbocycles. The Labute approximate surface area is 170 Å². The van der Waals surface area contributed by atoms with Crippen LogP contribution in [-0.4, -0.2) is 49.6 Å². The quantitative estimate of drug-likeness (QED) is 0.685. The number of nitrogens with one attached hydrogen (secondary N) is 2. The molecule has 3 rings (SSSR count). The number of halogens is 1. The lowest BCUT2D eigenvalue weighted by Gasteiger charge is -2.25. The van der Waals surface area contributed by atoms with Crippen molar-refractivity contribution in [2.24, 2.45) is 5.73 Å². The van der Waals surface area contributed by atoms with Gasteiger partial charge in [-0.05, 0) is 42.0 Å². The standard InChI is InChI=1S/C20H24N4O3.ClH/c21-13-15-1-3-16(4-2-15)20(26)23-18-7-5-17(6-8-18)22-19(25)14-24-9-11-27-12-10-24;/h1-8H,9-14,21H2,(H,22,25)(H,23,26);1H. The molecule has 1 saturated heterocycles. The first kappa shape index (κ1) is 21.8. The second-order valence-corrected chi connectivity index (χ2v) is 6.37. The van der Waals surface area contributed by atoms with E-state index in [0.29, 0.717) is 43.2 Å². The highest BCUT2D eigenvalue weighted by Gasteiger charge is 2.14. The Bertz CT molecular complexity index is 775. The third-order valence-corrected chi connectivity index (χ3v) is 4.35. The second-order valence-electron chi connectivity index (χ2n) is 6.37. The average Bonchev–Trinajstić information content (AvgIpc) is 2.70. The number of amides is 2. The van der Waals surface area contributed by atoms with Gasteiger partial charge in [-0.3, -0.25) is 14.5 Å². The summed E-state index contributed by atoms with van der Waals surface area (Å²) in [6, 6.07) is 14.2. The number of anilines is 2. The topological polar surface area (TPSA) is 96.7 Å². The van der Waals surface area contributed by atoms with Crippen molar-refractivity contribution in [1.29, 1.82) is 0 Å². The summed E-state index contributed by atoms with van der Waals surface area (Å²) < 4.78 is 5.27. The van der Waals surface area contributed by atoms with Crippen molar-refractivity contribution in [1.82, 2.24) is 4.90 Å². The smallest absolute Gasteiger partial charge is 0.255 e. The Balaban J connectivity index is 0.00000280. The fourth-order valence-electron chi connectivity index (χ4n) is 2.80. The van der Waals surface area contributed by atoms with Crippen molar-refractivity contribution in [2.75, 3.05) is 43.5 Å². The van der Waals surface area contributed by atoms with Gasteiger partial charge >= 0.3 is 0 Å². The van der Waals surface area contributed by atoms with Crippen LogP contribution in [0.15, 0.2) is 48.5 Å². The van der Waals surface area contributed by atoms with Crippen LogP contribution in [0.2, 0.25) is 0 Å².